The number of aryl methyl sites for hydroxylation is 1. The van der Waals surface area contributed by atoms with Crippen molar-refractivity contribution in [2.75, 3.05) is 5.32 Å². The lowest BCUT2D eigenvalue weighted by atomic mass is 9.97. The monoisotopic (exact) mass is 232 g/mol. The third kappa shape index (κ3) is 3.92. The van der Waals surface area contributed by atoms with Gasteiger partial charge in [0, 0.05) is 5.69 Å². The van der Waals surface area contributed by atoms with Gasteiger partial charge in [-0.3, -0.25) is 0 Å². The third-order valence-corrected chi connectivity index (χ3v) is 2.56. The minimum Gasteiger partial charge on any atom is -0.367 e. The number of hydrogen-bond acceptors (Lipinski definition) is 2. The summed E-state index contributed by atoms with van der Waals surface area (Å²) in [5.41, 5.74) is 0.765. The Morgan fingerprint density at radius 2 is 2.24 bits per heavy atom. The zero-order chi connectivity index (χ0) is 12.9. The van der Waals surface area contributed by atoms with Gasteiger partial charge in [0.05, 0.1) is 6.07 Å². The first-order valence-corrected chi connectivity index (χ1v) is 5.56. The maximum atomic E-state index is 13.2. The molecular formula is C14H17FN2. The SMILES string of the molecule is C=CCCC(C)(C#N)Nc1cc(C)cc(F)c1. The standard InChI is InChI=1S/C14H17FN2/c1-4-5-6-14(3,10-16)17-13-8-11(2)7-12(15)9-13/h4,7-9,17H,1,5-6H2,2-3H3. The lowest BCUT2D eigenvalue weighted by molar-refractivity contribution is 0.593. The second-order valence-corrected chi connectivity index (χ2v) is 4.41. The molecular weight excluding hydrogens is 215 g/mol. The molecule has 17 heavy (non-hydrogen) atoms. The first-order valence-electron chi connectivity index (χ1n) is 5.56. The molecule has 0 aliphatic rings. The van der Waals surface area contributed by atoms with Crippen LogP contribution < -0.4 is 5.32 Å². The van der Waals surface area contributed by atoms with Gasteiger partial charge in [-0.25, -0.2) is 4.39 Å². The highest BCUT2D eigenvalue weighted by Crippen LogP contribution is 2.21. The van der Waals surface area contributed by atoms with Crippen LogP contribution in [0.3, 0.4) is 0 Å². The molecule has 0 saturated heterocycles. The van der Waals surface area contributed by atoms with Gasteiger partial charge in [0.2, 0.25) is 0 Å². The Labute approximate surface area is 102 Å². The number of allylic oxidation sites excluding steroid dienone is 1. The second-order valence-electron chi connectivity index (χ2n) is 4.41. The van der Waals surface area contributed by atoms with Crippen molar-refractivity contribution in [2.45, 2.75) is 32.2 Å². The number of nitrogens with one attached hydrogen (secondary N) is 1. The highest BCUT2D eigenvalue weighted by atomic mass is 19.1. The van der Waals surface area contributed by atoms with E-state index in [1.54, 1.807) is 13.0 Å². The van der Waals surface area contributed by atoms with E-state index in [1.165, 1.54) is 12.1 Å². The number of hydrogen-bond donors (Lipinski definition) is 1. The normalized spacial score (nSPS) is 13.5. The summed E-state index contributed by atoms with van der Waals surface area (Å²) in [6.07, 6.45) is 3.15. The summed E-state index contributed by atoms with van der Waals surface area (Å²) in [5.74, 6) is -0.295. The van der Waals surface area contributed by atoms with Gasteiger partial charge in [-0.1, -0.05) is 6.08 Å². The number of rotatable bonds is 5. The van der Waals surface area contributed by atoms with E-state index in [-0.39, 0.29) is 5.82 Å². The van der Waals surface area contributed by atoms with Crippen LogP contribution in [0.5, 0.6) is 0 Å². The van der Waals surface area contributed by atoms with Gasteiger partial charge in [0.25, 0.3) is 0 Å². The van der Waals surface area contributed by atoms with Gasteiger partial charge in [0.1, 0.15) is 11.4 Å². The largest absolute Gasteiger partial charge is 0.367 e. The zero-order valence-corrected chi connectivity index (χ0v) is 10.3. The van der Waals surface area contributed by atoms with Crippen molar-refractivity contribution in [3.8, 4) is 6.07 Å². The first-order chi connectivity index (χ1) is 7.99. The van der Waals surface area contributed by atoms with Crippen LogP contribution in [0.2, 0.25) is 0 Å². The summed E-state index contributed by atoms with van der Waals surface area (Å²) in [7, 11) is 0. The Morgan fingerprint density at radius 1 is 1.53 bits per heavy atom. The smallest absolute Gasteiger partial charge is 0.125 e. The van der Waals surface area contributed by atoms with Crippen molar-refractivity contribution in [3.05, 3.63) is 42.2 Å². The molecule has 1 aromatic carbocycles. The Balaban J connectivity index is 2.87. The highest BCUT2D eigenvalue weighted by Gasteiger charge is 2.22. The van der Waals surface area contributed by atoms with Crippen LogP contribution in [0, 0.1) is 24.1 Å². The van der Waals surface area contributed by atoms with Crippen LogP contribution in [-0.2, 0) is 0 Å². The highest BCUT2D eigenvalue weighted by molar-refractivity contribution is 5.49. The molecule has 90 valence electrons. The molecule has 0 aliphatic carbocycles. The molecule has 0 saturated carbocycles. The van der Waals surface area contributed by atoms with E-state index >= 15 is 0 Å². The number of nitriles is 1. The Kier molecular flexibility index (Phi) is 4.28. The molecule has 0 heterocycles. The summed E-state index contributed by atoms with van der Waals surface area (Å²) in [6, 6.07) is 6.90. The summed E-state index contributed by atoms with van der Waals surface area (Å²) in [4.78, 5) is 0. The molecule has 0 spiro atoms. The van der Waals surface area contributed by atoms with E-state index in [1.807, 2.05) is 13.0 Å². The molecule has 0 radical (unpaired) electrons. The summed E-state index contributed by atoms with van der Waals surface area (Å²) in [5, 5.41) is 12.2. The van der Waals surface area contributed by atoms with Gasteiger partial charge in [0.15, 0.2) is 0 Å². The minimum atomic E-state index is -0.700. The average Bonchev–Trinajstić information content (AvgIpc) is 2.25. The fraction of sp³-hybridized carbons (Fsp3) is 0.357. The van der Waals surface area contributed by atoms with Crippen LogP contribution >= 0.6 is 0 Å². The third-order valence-electron chi connectivity index (χ3n) is 2.56. The van der Waals surface area contributed by atoms with Crippen molar-refractivity contribution in [1.82, 2.24) is 0 Å². The molecule has 0 aromatic heterocycles. The van der Waals surface area contributed by atoms with Crippen molar-refractivity contribution >= 4 is 5.69 Å². The zero-order valence-electron chi connectivity index (χ0n) is 10.3. The quantitative estimate of drug-likeness (QED) is 0.784. The van der Waals surface area contributed by atoms with Gasteiger partial charge >= 0.3 is 0 Å². The van der Waals surface area contributed by atoms with Crippen LogP contribution in [0.1, 0.15) is 25.3 Å². The molecule has 0 amide bonds. The topological polar surface area (TPSA) is 35.8 Å². The maximum Gasteiger partial charge on any atom is 0.125 e. The number of anilines is 1. The predicted molar refractivity (Wildman–Crippen MR) is 68.2 cm³/mol. The van der Waals surface area contributed by atoms with Crippen molar-refractivity contribution < 1.29 is 4.39 Å². The molecule has 0 bridgehead atoms. The fourth-order valence-corrected chi connectivity index (χ4v) is 1.66. The molecule has 1 N–H and O–H groups in total. The minimum absolute atomic E-state index is 0.295. The molecule has 1 atom stereocenters. The van der Waals surface area contributed by atoms with Gasteiger partial charge < -0.3 is 5.32 Å². The molecule has 1 aromatic rings. The van der Waals surface area contributed by atoms with E-state index in [9.17, 15) is 9.65 Å². The summed E-state index contributed by atoms with van der Waals surface area (Å²) >= 11 is 0. The maximum absolute atomic E-state index is 13.2. The number of nitrogens with zero attached hydrogens (tertiary/aromatic N) is 1. The Hall–Kier alpha value is -1.82. The first kappa shape index (κ1) is 13.2. The lowest BCUT2D eigenvalue weighted by Crippen LogP contribution is -2.32. The van der Waals surface area contributed by atoms with Crippen molar-refractivity contribution in [3.63, 3.8) is 0 Å². The Bertz CT molecular complexity index is 428. The van der Waals surface area contributed by atoms with E-state index in [0.717, 1.165) is 12.0 Å². The number of benzene rings is 1. The van der Waals surface area contributed by atoms with E-state index in [0.29, 0.717) is 12.1 Å². The molecule has 0 fully saturated rings. The lowest BCUT2D eigenvalue weighted by Gasteiger charge is -2.24. The van der Waals surface area contributed by atoms with Gasteiger partial charge in [-0.15, -0.1) is 6.58 Å². The Morgan fingerprint density at radius 3 is 2.76 bits per heavy atom. The van der Waals surface area contributed by atoms with Crippen LogP contribution in [-0.4, -0.2) is 5.54 Å². The predicted octanol–water partition coefficient (Wildman–Crippen LogP) is 3.79. The van der Waals surface area contributed by atoms with E-state index < -0.39 is 5.54 Å². The molecule has 2 nitrogen and oxygen atoms in total. The molecule has 1 unspecified atom stereocenters. The van der Waals surface area contributed by atoms with Crippen LogP contribution in [0.25, 0.3) is 0 Å². The fourth-order valence-electron chi connectivity index (χ4n) is 1.66. The van der Waals surface area contributed by atoms with Crippen molar-refractivity contribution in [2.24, 2.45) is 0 Å². The molecule has 0 aliphatic heterocycles. The van der Waals surface area contributed by atoms with E-state index in [2.05, 4.69) is 18.0 Å². The molecule has 3 heteroatoms. The van der Waals surface area contributed by atoms with Gasteiger partial charge in [-0.05, 0) is 50.5 Å². The van der Waals surface area contributed by atoms with Crippen LogP contribution in [0.4, 0.5) is 10.1 Å². The number of halogens is 1. The van der Waals surface area contributed by atoms with Crippen molar-refractivity contribution in [1.29, 1.82) is 5.26 Å². The molecule has 1 rings (SSSR count). The second kappa shape index (κ2) is 5.49. The van der Waals surface area contributed by atoms with Gasteiger partial charge in [-0.2, -0.15) is 5.26 Å². The van der Waals surface area contributed by atoms with E-state index in [4.69, 9.17) is 0 Å². The summed E-state index contributed by atoms with van der Waals surface area (Å²) < 4.78 is 13.2. The van der Waals surface area contributed by atoms with Crippen LogP contribution in [0.15, 0.2) is 30.9 Å². The average molecular weight is 232 g/mol. The summed E-state index contributed by atoms with van der Waals surface area (Å²) in [6.45, 7) is 7.26.